The van der Waals surface area contributed by atoms with Gasteiger partial charge in [-0.15, -0.1) is 0 Å². The predicted molar refractivity (Wildman–Crippen MR) is 72.6 cm³/mol. The molecule has 1 aliphatic carbocycles. The Morgan fingerprint density at radius 3 is 2.78 bits per heavy atom. The minimum absolute atomic E-state index is 0.179. The summed E-state index contributed by atoms with van der Waals surface area (Å²) < 4.78 is 5.56. The lowest BCUT2D eigenvalue weighted by molar-refractivity contribution is 0.0301. The summed E-state index contributed by atoms with van der Waals surface area (Å²) in [5, 5.41) is 10.3. The number of likely N-dealkylation sites (N-methyl/N-ethyl adjacent to an activating group) is 1. The van der Waals surface area contributed by atoms with E-state index in [0.717, 1.165) is 18.5 Å². The van der Waals surface area contributed by atoms with Crippen LogP contribution in [-0.2, 0) is 11.2 Å². The maximum absolute atomic E-state index is 10.3. The number of aliphatic hydroxyl groups excluding tert-OH is 1. The number of ether oxygens (including phenoxy) is 1. The van der Waals surface area contributed by atoms with E-state index < -0.39 is 0 Å². The lowest BCUT2D eigenvalue weighted by atomic mass is 10.1. The Hall–Kier alpha value is -0.900. The molecule has 0 aromatic heterocycles. The van der Waals surface area contributed by atoms with Gasteiger partial charge in [-0.3, -0.25) is 4.90 Å². The minimum atomic E-state index is -0.370. The third kappa shape index (κ3) is 2.91. The average molecular weight is 249 g/mol. The highest BCUT2D eigenvalue weighted by atomic mass is 16.5. The van der Waals surface area contributed by atoms with E-state index in [1.165, 1.54) is 5.56 Å². The van der Waals surface area contributed by atoms with E-state index in [2.05, 4.69) is 18.0 Å². The van der Waals surface area contributed by atoms with Gasteiger partial charge in [-0.2, -0.15) is 0 Å². The maximum atomic E-state index is 10.3. The quantitative estimate of drug-likeness (QED) is 0.866. The number of hydrogen-bond acceptors (Lipinski definition) is 3. The normalized spacial score (nSPS) is 22.8. The Labute approximate surface area is 109 Å². The van der Waals surface area contributed by atoms with Gasteiger partial charge >= 0.3 is 0 Å². The number of benzene rings is 1. The molecule has 1 aromatic rings. The summed E-state index contributed by atoms with van der Waals surface area (Å²) in [6.45, 7) is 5.65. The van der Waals surface area contributed by atoms with Crippen molar-refractivity contribution >= 4 is 0 Å². The van der Waals surface area contributed by atoms with Crippen molar-refractivity contribution < 1.29 is 9.84 Å². The number of rotatable bonds is 5. The molecule has 0 fully saturated rings. The minimum Gasteiger partial charge on any atom is -0.387 e. The van der Waals surface area contributed by atoms with Crippen LogP contribution in [0.1, 0.15) is 31.1 Å². The Kier molecular flexibility index (Phi) is 4.38. The number of aliphatic hydroxyl groups is 1. The van der Waals surface area contributed by atoms with Crippen molar-refractivity contribution in [2.75, 3.05) is 20.2 Å². The summed E-state index contributed by atoms with van der Waals surface area (Å²) in [4.78, 5) is 2.20. The maximum Gasteiger partial charge on any atom is 0.0950 e. The molecule has 1 aliphatic rings. The van der Waals surface area contributed by atoms with Gasteiger partial charge in [-0.1, -0.05) is 24.3 Å². The van der Waals surface area contributed by atoms with Crippen LogP contribution in [0, 0.1) is 0 Å². The molecular formula is C15H23NO2. The molecule has 0 saturated heterocycles. The lowest BCUT2D eigenvalue weighted by Gasteiger charge is -2.27. The molecule has 2 rings (SSSR count). The Morgan fingerprint density at radius 1 is 1.39 bits per heavy atom. The topological polar surface area (TPSA) is 32.7 Å². The second-order valence-electron chi connectivity index (χ2n) is 5.32. The molecule has 0 radical (unpaired) electrons. The van der Waals surface area contributed by atoms with Crippen LogP contribution in [0.5, 0.6) is 0 Å². The van der Waals surface area contributed by atoms with Gasteiger partial charge in [0.1, 0.15) is 0 Å². The van der Waals surface area contributed by atoms with Crippen molar-refractivity contribution in [1.29, 1.82) is 0 Å². The van der Waals surface area contributed by atoms with Gasteiger partial charge in [-0.25, -0.2) is 0 Å². The third-order valence-electron chi connectivity index (χ3n) is 3.63. The summed E-state index contributed by atoms with van der Waals surface area (Å²) in [6.07, 6.45) is 0.824. The number of nitrogens with zero attached hydrogens (tertiary/aromatic N) is 1. The highest BCUT2D eigenvalue weighted by Crippen LogP contribution is 2.33. The van der Waals surface area contributed by atoms with Gasteiger partial charge in [0.15, 0.2) is 0 Å². The predicted octanol–water partition coefficient (Wildman–Crippen LogP) is 2.00. The van der Waals surface area contributed by atoms with Gasteiger partial charge in [0.05, 0.1) is 18.8 Å². The van der Waals surface area contributed by atoms with E-state index >= 15 is 0 Å². The van der Waals surface area contributed by atoms with Crippen molar-refractivity contribution in [2.24, 2.45) is 0 Å². The first-order valence-corrected chi connectivity index (χ1v) is 6.67. The summed E-state index contributed by atoms with van der Waals surface area (Å²) in [5.74, 6) is 0. The van der Waals surface area contributed by atoms with Crippen LogP contribution in [0.25, 0.3) is 0 Å². The molecule has 2 atom stereocenters. The largest absolute Gasteiger partial charge is 0.387 e. The Morgan fingerprint density at radius 2 is 2.11 bits per heavy atom. The highest BCUT2D eigenvalue weighted by Gasteiger charge is 2.32. The average Bonchev–Trinajstić information content (AvgIpc) is 2.67. The summed E-state index contributed by atoms with van der Waals surface area (Å²) in [6, 6.07) is 8.34. The first-order valence-electron chi connectivity index (χ1n) is 6.67. The van der Waals surface area contributed by atoms with Crippen molar-refractivity contribution in [3.8, 4) is 0 Å². The van der Waals surface area contributed by atoms with Gasteiger partial charge in [0.25, 0.3) is 0 Å². The zero-order chi connectivity index (χ0) is 13.1. The van der Waals surface area contributed by atoms with Gasteiger partial charge in [0.2, 0.25) is 0 Å². The molecule has 0 bridgehead atoms. The SMILES string of the molecule is CC(C)OCCN(C)C1Cc2ccccc2C1O. The first kappa shape index (κ1) is 13.5. The van der Waals surface area contributed by atoms with E-state index in [0.29, 0.717) is 6.61 Å². The molecule has 2 unspecified atom stereocenters. The van der Waals surface area contributed by atoms with E-state index in [4.69, 9.17) is 4.74 Å². The second kappa shape index (κ2) is 5.83. The zero-order valence-electron chi connectivity index (χ0n) is 11.5. The summed E-state index contributed by atoms with van der Waals surface area (Å²) in [5.41, 5.74) is 2.35. The molecule has 100 valence electrons. The van der Waals surface area contributed by atoms with Crippen LogP contribution >= 0.6 is 0 Å². The fraction of sp³-hybridized carbons (Fsp3) is 0.600. The first-order chi connectivity index (χ1) is 8.59. The molecule has 1 N–H and O–H groups in total. The van der Waals surface area contributed by atoms with E-state index in [1.807, 2.05) is 32.0 Å². The molecule has 3 heteroatoms. The van der Waals surface area contributed by atoms with E-state index in [-0.39, 0.29) is 18.2 Å². The van der Waals surface area contributed by atoms with Crippen LogP contribution in [0.4, 0.5) is 0 Å². The van der Waals surface area contributed by atoms with Crippen LogP contribution < -0.4 is 0 Å². The molecule has 1 aromatic carbocycles. The van der Waals surface area contributed by atoms with Crippen LogP contribution in [0.15, 0.2) is 24.3 Å². The molecule has 0 saturated carbocycles. The fourth-order valence-electron chi connectivity index (χ4n) is 2.55. The molecule has 3 nitrogen and oxygen atoms in total. The van der Waals surface area contributed by atoms with Crippen molar-refractivity contribution in [3.63, 3.8) is 0 Å². The molecule has 0 aliphatic heterocycles. The van der Waals surface area contributed by atoms with Crippen LogP contribution in [0.2, 0.25) is 0 Å². The molecule has 0 spiro atoms. The zero-order valence-corrected chi connectivity index (χ0v) is 11.5. The van der Waals surface area contributed by atoms with Gasteiger partial charge in [-0.05, 0) is 38.4 Å². The molecule has 0 amide bonds. The van der Waals surface area contributed by atoms with E-state index in [1.54, 1.807) is 0 Å². The second-order valence-corrected chi connectivity index (χ2v) is 5.32. The van der Waals surface area contributed by atoms with E-state index in [9.17, 15) is 5.11 Å². The Bertz CT molecular complexity index is 392. The monoisotopic (exact) mass is 249 g/mol. The summed E-state index contributed by atoms with van der Waals surface area (Å²) in [7, 11) is 2.06. The molecule has 0 heterocycles. The molecular weight excluding hydrogens is 226 g/mol. The highest BCUT2D eigenvalue weighted by molar-refractivity contribution is 5.35. The smallest absolute Gasteiger partial charge is 0.0950 e. The van der Waals surface area contributed by atoms with Crippen molar-refractivity contribution in [3.05, 3.63) is 35.4 Å². The summed E-state index contributed by atoms with van der Waals surface area (Å²) >= 11 is 0. The van der Waals surface area contributed by atoms with Gasteiger partial charge < -0.3 is 9.84 Å². The van der Waals surface area contributed by atoms with Crippen LogP contribution in [0.3, 0.4) is 0 Å². The van der Waals surface area contributed by atoms with Crippen molar-refractivity contribution in [2.45, 2.75) is 38.5 Å². The van der Waals surface area contributed by atoms with Crippen molar-refractivity contribution in [1.82, 2.24) is 4.90 Å². The Balaban J connectivity index is 1.92. The lowest BCUT2D eigenvalue weighted by Crippen LogP contribution is -2.37. The third-order valence-corrected chi connectivity index (χ3v) is 3.63. The standard InChI is InChI=1S/C15H23NO2/c1-11(2)18-9-8-16(3)14-10-12-6-4-5-7-13(12)15(14)17/h4-7,11,14-15,17H,8-10H2,1-3H3. The van der Waals surface area contributed by atoms with Gasteiger partial charge in [0, 0.05) is 12.6 Å². The molecule has 18 heavy (non-hydrogen) atoms. The van der Waals surface area contributed by atoms with Crippen LogP contribution in [-0.4, -0.2) is 42.4 Å². The fourth-order valence-corrected chi connectivity index (χ4v) is 2.55. The number of fused-ring (bicyclic) bond motifs is 1. The number of hydrogen-bond donors (Lipinski definition) is 1.